The Balaban J connectivity index is 1.80. The van der Waals surface area contributed by atoms with Gasteiger partial charge in [0.2, 0.25) is 5.91 Å². The van der Waals surface area contributed by atoms with Crippen LogP contribution in [-0.2, 0) is 9.53 Å². The Morgan fingerprint density at radius 2 is 1.84 bits per heavy atom. The Kier molecular flexibility index (Phi) is 4.95. The molecule has 3 rings (SSSR count). The molecule has 4 nitrogen and oxygen atoms in total. The second-order valence-corrected chi connectivity index (χ2v) is 6.31. The Bertz CT molecular complexity index is 972. The summed E-state index contributed by atoms with van der Waals surface area (Å²) in [7, 11) is 1.31. The molecule has 1 aromatic heterocycles. The number of hydrogen-bond donors (Lipinski definition) is 1. The molecule has 0 bridgehead atoms. The number of amides is 1. The average Bonchev–Trinajstić information content (AvgIpc) is 3.08. The number of rotatable bonds is 4. The first-order valence-electron chi connectivity index (χ1n) is 7.71. The number of ether oxygens (including phenoxy) is 1. The number of carbonyl (C=O) groups is 2. The Morgan fingerprint density at radius 1 is 1.08 bits per heavy atom. The van der Waals surface area contributed by atoms with Crippen LogP contribution in [0.2, 0.25) is 0 Å². The van der Waals surface area contributed by atoms with E-state index in [0.717, 1.165) is 21.9 Å². The topological polar surface area (TPSA) is 55.4 Å². The molecule has 0 radical (unpaired) electrons. The van der Waals surface area contributed by atoms with Gasteiger partial charge in [0.15, 0.2) is 0 Å². The van der Waals surface area contributed by atoms with E-state index in [1.54, 1.807) is 10.8 Å². The van der Waals surface area contributed by atoms with E-state index in [4.69, 9.17) is 4.74 Å². The number of fused-ring (bicyclic) bond motifs is 1. The summed E-state index contributed by atoms with van der Waals surface area (Å²) in [6.45, 7) is 1.89. The summed E-state index contributed by atoms with van der Waals surface area (Å²) in [6, 6.07) is 14.2. The van der Waals surface area contributed by atoms with Crippen molar-refractivity contribution in [2.24, 2.45) is 0 Å². The van der Waals surface area contributed by atoms with E-state index in [0.29, 0.717) is 11.3 Å². The number of methoxy groups -OCH3 is 1. The number of carbonyl (C=O) groups excluding carboxylic acids is 2. The van der Waals surface area contributed by atoms with Gasteiger partial charge in [-0.25, -0.2) is 4.79 Å². The molecular formula is C20H17NO3S. The SMILES string of the molecule is COC(=O)c1cscc1NC(=O)/C=C(/C)c1ccc2ccccc2c1. The Morgan fingerprint density at radius 3 is 2.60 bits per heavy atom. The lowest BCUT2D eigenvalue weighted by Crippen LogP contribution is -2.11. The fraction of sp³-hybridized carbons (Fsp3) is 0.100. The van der Waals surface area contributed by atoms with Gasteiger partial charge in [-0.15, -0.1) is 11.3 Å². The van der Waals surface area contributed by atoms with Crippen LogP contribution in [0.3, 0.4) is 0 Å². The highest BCUT2D eigenvalue weighted by atomic mass is 32.1. The van der Waals surface area contributed by atoms with Gasteiger partial charge in [-0.1, -0.05) is 36.4 Å². The van der Waals surface area contributed by atoms with Crippen LogP contribution in [0.4, 0.5) is 5.69 Å². The van der Waals surface area contributed by atoms with Crippen molar-refractivity contribution in [3.05, 3.63) is 70.4 Å². The summed E-state index contributed by atoms with van der Waals surface area (Å²) in [5.41, 5.74) is 2.65. The molecule has 0 fully saturated rings. The van der Waals surface area contributed by atoms with Crippen molar-refractivity contribution in [1.82, 2.24) is 0 Å². The van der Waals surface area contributed by atoms with Crippen LogP contribution in [0.5, 0.6) is 0 Å². The van der Waals surface area contributed by atoms with Crippen molar-refractivity contribution in [2.75, 3.05) is 12.4 Å². The largest absolute Gasteiger partial charge is 0.465 e. The van der Waals surface area contributed by atoms with Crippen LogP contribution in [0.15, 0.2) is 59.3 Å². The quantitative estimate of drug-likeness (QED) is 0.546. The van der Waals surface area contributed by atoms with Gasteiger partial charge in [0.25, 0.3) is 0 Å². The molecule has 1 N–H and O–H groups in total. The minimum atomic E-state index is -0.466. The number of anilines is 1. The maximum Gasteiger partial charge on any atom is 0.340 e. The number of benzene rings is 2. The van der Waals surface area contributed by atoms with E-state index < -0.39 is 5.97 Å². The molecule has 1 heterocycles. The maximum absolute atomic E-state index is 12.3. The average molecular weight is 351 g/mol. The normalized spacial score (nSPS) is 11.4. The minimum absolute atomic E-state index is 0.283. The molecular weight excluding hydrogens is 334 g/mol. The summed E-state index contributed by atoms with van der Waals surface area (Å²) in [6.07, 6.45) is 1.53. The van der Waals surface area contributed by atoms with E-state index in [9.17, 15) is 9.59 Å². The summed E-state index contributed by atoms with van der Waals surface area (Å²) >= 11 is 1.33. The predicted octanol–water partition coefficient (Wildman–Crippen LogP) is 4.73. The highest BCUT2D eigenvalue weighted by Crippen LogP contribution is 2.23. The van der Waals surface area contributed by atoms with E-state index in [-0.39, 0.29) is 5.91 Å². The number of hydrogen-bond acceptors (Lipinski definition) is 4. The van der Waals surface area contributed by atoms with Gasteiger partial charge in [0.05, 0.1) is 18.4 Å². The molecule has 0 aliphatic heterocycles. The molecule has 0 unspecified atom stereocenters. The molecule has 0 saturated heterocycles. The van der Waals surface area contributed by atoms with Crippen molar-refractivity contribution >= 4 is 45.2 Å². The molecule has 0 aliphatic rings. The van der Waals surface area contributed by atoms with Gasteiger partial charge in [0.1, 0.15) is 0 Å². The standard InChI is InChI=1S/C20H17NO3S/c1-13(15-8-7-14-5-3-4-6-16(14)10-15)9-19(22)21-18-12-25-11-17(18)20(23)24-2/h3-12H,1-2H3,(H,21,22)/b13-9-. The zero-order chi connectivity index (χ0) is 17.8. The van der Waals surface area contributed by atoms with Gasteiger partial charge in [0, 0.05) is 16.8 Å². The number of thiophene rings is 1. The van der Waals surface area contributed by atoms with Gasteiger partial charge in [-0.2, -0.15) is 0 Å². The molecule has 1 amide bonds. The molecule has 25 heavy (non-hydrogen) atoms. The molecule has 0 saturated carbocycles. The third kappa shape index (κ3) is 3.78. The van der Waals surface area contributed by atoms with Crippen molar-refractivity contribution < 1.29 is 14.3 Å². The van der Waals surface area contributed by atoms with E-state index >= 15 is 0 Å². The third-order valence-corrected chi connectivity index (χ3v) is 4.62. The molecule has 0 spiro atoms. The second-order valence-electron chi connectivity index (χ2n) is 5.57. The first-order valence-corrected chi connectivity index (χ1v) is 8.65. The van der Waals surface area contributed by atoms with Crippen LogP contribution < -0.4 is 5.32 Å². The third-order valence-electron chi connectivity index (χ3n) is 3.88. The molecule has 0 aliphatic carbocycles. The van der Waals surface area contributed by atoms with Crippen molar-refractivity contribution in [3.63, 3.8) is 0 Å². The number of allylic oxidation sites excluding steroid dienone is 1. The van der Waals surface area contributed by atoms with Crippen LogP contribution in [0, 0.1) is 0 Å². The molecule has 3 aromatic rings. The fourth-order valence-electron chi connectivity index (χ4n) is 2.55. The predicted molar refractivity (Wildman–Crippen MR) is 102 cm³/mol. The van der Waals surface area contributed by atoms with Gasteiger partial charge in [-0.05, 0) is 34.9 Å². The van der Waals surface area contributed by atoms with E-state index in [2.05, 4.69) is 17.4 Å². The Hall–Kier alpha value is -2.92. The minimum Gasteiger partial charge on any atom is -0.465 e. The summed E-state index contributed by atoms with van der Waals surface area (Å²) in [4.78, 5) is 23.9. The monoisotopic (exact) mass is 351 g/mol. The Labute approximate surface area is 149 Å². The molecule has 2 aromatic carbocycles. The van der Waals surface area contributed by atoms with Crippen LogP contribution in [0.25, 0.3) is 16.3 Å². The number of nitrogens with one attached hydrogen (secondary N) is 1. The van der Waals surface area contributed by atoms with Crippen LogP contribution in [-0.4, -0.2) is 19.0 Å². The summed E-state index contributed by atoms with van der Waals surface area (Å²) < 4.78 is 4.71. The van der Waals surface area contributed by atoms with Gasteiger partial charge in [-0.3, -0.25) is 4.79 Å². The second kappa shape index (κ2) is 7.32. The smallest absolute Gasteiger partial charge is 0.340 e. The molecule has 126 valence electrons. The highest BCUT2D eigenvalue weighted by molar-refractivity contribution is 7.08. The highest BCUT2D eigenvalue weighted by Gasteiger charge is 2.14. The zero-order valence-electron chi connectivity index (χ0n) is 13.9. The fourth-order valence-corrected chi connectivity index (χ4v) is 3.29. The summed E-state index contributed by atoms with van der Waals surface area (Å²) in [5, 5.41) is 8.38. The maximum atomic E-state index is 12.3. The van der Waals surface area contributed by atoms with Crippen molar-refractivity contribution in [1.29, 1.82) is 0 Å². The zero-order valence-corrected chi connectivity index (χ0v) is 14.7. The summed E-state index contributed by atoms with van der Waals surface area (Å²) in [5.74, 6) is -0.749. The van der Waals surface area contributed by atoms with Gasteiger partial charge >= 0.3 is 5.97 Å². The van der Waals surface area contributed by atoms with Crippen molar-refractivity contribution in [3.8, 4) is 0 Å². The number of esters is 1. The van der Waals surface area contributed by atoms with E-state index in [1.165, 1.54) is 24.5 Å². The van der Waals surface area contributed by atoms with Crippen LogP contribution in [0.1, 0.15) is 22.8 Å². The van der Waals surface area contributed by atoms with Crippen LogP contribution >= 0.6 is 11.3 Å². The first-order chi connectivity index (χ1) is 12.1. The lowest BCUT2D eigenvalue weighted by molar-refractivity contribution is -0.111. The first kappa shape index (κ1) is 16.9. The lowest BCUT2D eigenvalue weighted by atomic mass is 10.0. The molecule has 5 heteroatoms. The van der Waals surface area contributed by atoms with E-state index in [1.807, 2.05) is 37.3 Å². The molecule has 0 atom stereocenters. The van der Waals surface area contributed by atoms with Gasteiger partial charge < -0.3 is 10.1 Å². The lowest BCUT2D eigenvalue weighted by Gasteiger charge is -2.06. The van der Waals surface area contributed by atoms with Crippen molar-refractivity contribution in [2.45, 2.75) is 6.92 Å².